The minimum Gasteiger partial charge on any atom is -0.446 e. The summed E-state index contributed by atoms with van der Waals surface area (Å²) in [5.41, 5.74) is 1.82. The second-order valence-electron chi connectivity index (χ2n) is 6.87. The summed E-state index contributed by atoms with van der Waals surface area (Å²) >= 11 is 0. The molecule has 2 amide bonds. The molecule has 2 aromatic heterocycles. The number of hydrogen-bond acceptors (Lipinski definition) is 5. The fraction of sp³-hybridized carbons (Fsp3) is 0.130. The Morgan fingerprint density at radius 1 is 1.07 bits per heavy atom. The van der Waals surface area contributed by atoms with Crippen LogP contribution < -0.4 is 10.6 Å². The van der Waals surface area contributed by atoms with E-state index in [2.05, 4.69) is 20.6 Å². The summed E-state index contributed by atoms with van der Waals surface area (Å²) in [5, 5.41) is 7.50. The van der Waals surface area contributed by atoms with Crippen molar-refractivity contribution in [2.75, 3.05) is 5.32 Å². The third-order valence-corrected chi connectivity index (χ3v) is 4.64. The van der Waals surface area contributed by atoms with Crippen molar-refractivity contribution in [2.45, 2.75) is 19.4 Å². The van der Waals surface area contributed by atoms with Gasteiger partial charge >= 0.3 is 0 Å². The van der Waals surface area contributed by atoms with Crippen LogP contribution in [0.15, 0.2) is 77.7 Å². The zero-order chi connectivity index (χ0) is 20.9. The molecule has 150 valence electrons. The van der Waals surface area contributed by atoms with Crippen LogP contribution in [0.2, 0.25) is 0 Å². The maximum atomic E-state index is 12.7. The van der Waals surface area contributed by atoms with Crippen molar-refractivity contribution >= 4 is 28.3 Å². The van der Waals surface area contributed by atoms with Crippen LogP contribution in [0, 0.1) is 0 Å². The molecule has 0 radical (unpaired) electrons. The lowest BCUT2D eigenvalue weighted by molar-refractivity contribution is -0.119. The third kappa shape index (κ3) is 4.35. The highest BCUT2D eigenvalue weighted by Gasteiger charge is 2.22. The van der Waals surface area contributed by atoms with Gasteiger partial charge in [-0.25, -0.2) is 4.98 Å². The fourth-order valence-corrected chi connectivity index (χ4v) is 3.27. The van der Waals surface area contributed by atoms with Crippen LogP contribution in [-0.4, -0.2) is 21.8 Å². The number of fused-ring (bicyclic) bond motifs is 1. The molecule has 7 nitrogen and oxygen atoms in total. The number of aromatic nitrogens is 2. The molecule has 0 fully saturated rings. The zero-order valence-corrected chi connectivity index (χ0v) is 16.3. The van der Waals surface area contributed by atoms with Gasteiger partial charge in [0.05, 0.1) is 0 Å². The highest BCUT2D eigenvalue weighted by atomic mass is 16.3. The first-order chi connectivity index (χ1) is 14.6. The van der Waals surface area contributed by atoms with E-state index in [0.717, 1.165) is 16.3 Å². The van der Waals surface area contributed by atoms with Crippen LogP contribution in [0.4, 0.5) is 5.69 Å². The van der Waals surface area contributed by atoms with Gasteiger partial charge in [-0.3, -0.25) is 14.6 Å². The van der Waals surface area contributed by atoms with Gasteiger partial charge in [0.1, 0.15) is 12.3 Å². The number of anilines is 1. The Morgan fingerprint density at radius 2 is 1.90 bits per heavy atom. The molecule has 4 rings (SSSR count). The number of nitrogens with one attached hydrogen (secondary N) is 2. The monoisotopic (exact) mass is 400 g/mol. The van der Waals surface area contributed by atoms with E-state index in [1.807, 2.05) is 54.6 Å². The normalized spacial score (nSPS) is 11.8. The van der Waals surface area contributed by atoms with Gasteiger partial charge in [0, 0.05) is 42.2 Å². The second-order valence-corrected chi connectivity index (χ2v) is 6.87. The van der Waals surface area contributed by atoms with E-state index in [4.69, 9.17) is 4.42 Å². The third-order valence-electron chi connectivity index (χ3n) is 4.64. The quantitative estimate of drug-likeness (QED) is 0.512. The number of nitrogens with zero attached hydrogens (tertiary/aromatic N) is 2. The highest BCUT2D eigenvalue weighted by molar-refractivity contribution is 6.07. The Labute approximate surface area is 173 Å². The number of hydrogen-bond donors (Lipinski definition) is 2. The predicted molar refractivity (Wildman–Crippen MR) is 113 cm³/mol. The van der Waals surface area contributed by atoms with Gasteiger partial charge in [-0.05, 0) is 17.7 Å². The molecule has 4 aromatic rings. The number of amides is 2. The van der Waals surface area contributed by atoms with Gasteiger partial charge in [0.2, 0.25) is 11.8 Å². The van der Waals surface area contributed by atoms with Gasteiger partial charge in [-0.15, -0.1) is 0 Å². The predicted octanol–water partition coefficient (Wildman–Crippen LogP) is 3.90. The molecular formula is C23H20N4O3. The lowest BCUT2D eigenvalue weighted by Gasteiger charge is -2.14. The van der Waals surface area contributed by atoms with Crippen molar-refractivity contribution in [3.05, 3.63) is 90.4 Å². The summed E-state index contributed by atoms with van der Waals surface area (Å²) in [4.78, 5) is 32.8. The molecule has 2 N–H and O–H groups in total. The number of pyridine rings is 1. The van der Waals surface area contributed by atoms with E-state index in [1.54, 1.807) is 12.4 Å². The van der Waals surface area contributed by atoms with E-state index >= 15 is 0 Å². The molecule has 0 spiro atoms. The summed E-state index contributed by atoms with van der Waals surface area (Å²) in [5.74, 6) is -0.318. The minimum atomic E-state index is -0.477. The molecule has 2 aromatic carbocycles. The Hall–Kier alpha value is -4.00. The van der Waals surface area contributed by atoms with Crippen LogP contribution in [0.25, 0.3) is 10.8 Å². The lowest BCUT2D eigenvalue weighted by Crippen LogP contribution is -2.28. The van der Waals surface area contributed by atoms with E-state index in [1.165, 1.54) is 13.2 Å². The van der Waals surface area contributed by atoms with Gasteiger partial charge in [0.15, 0.2) is 5.69 Å². The summed E-state index contributed by atoms with van der Waals surface area (Å²) in [6.07, 6.45) is 5.21. The van der Waals surface area contributed by atoms with Crippen LogP contribution in [0.5, 0.6) is 0 Å². The number of rotatable bonds is 6. The van der Waals surface area contributed by atoms with Crippen molar-refractivity contribution in [1.82, 2.24) is 15.3 Å². The smallest absolute Gasteiger partial charge is 0.277 e. The van der Waals surface area contributed by atoms with E-state index in [9.17, 15) is 9.59 Å². The molecule has 0 bridgehead atoms. The molecule has 0 unspecified atom stereocenters. The first kappa shape index (κ1) is 19.3. The van der Waals surface area contributed by atoms with Crippen molar-refractivity contribution in [3.8, 4) is 0 Å². The molecule has 0 aliphatic rings. The maximum Gasteiger partial charge on any atom is 0.277 e. The Morgan fingerprint density at radius 3 is 2.70 bits per heavy atom. The summed E-state index contributed by atoms with van der Waals surface area (Å²) in [7, 11) is 0. The van der Waals surface area contributed by atoms with Crippen molar-refractivity contribution < 1.29 is 14.0 Å². The Kier molecular flexibility index (Phi) is 5.52. The standard InChI is InChI=1S/C23H20N4O3/c1-15(28)25-20(12-16-6-3-2-4-7-16)23-27-21(14-30-23)22(29)26-19-9-5-8-17-13-24-11-10-18(17)19/h2-11,13-14,20H,12H2,1H3,(H,25,28)(H,26,29)/t20-/m1/s1. The average molecular weight is 400 g/mol. The molecule has 30 heavy (non-hydrogen) atoms. The largest absolute Gasteiger partial charge is 0.446 e. The Balaban J connectivity index is 1.55. The van der Waals surface area contributed by atoms with Crippen LogP contribution >= 0.6 is 0 Å². The molecule has 0 saturated heterocycles. The van der Waals surface area contributed by atoms with Crippen LogP contribution in [0.1, 0.15) is 34.9 Å². The summed E-state index contributed by atoms with van der Waals surface area (Å²) in [6, 6.07) is 16.6. The van der Waals surface area contributed by atoms with Crippen molar-refractivity contribution in [2.24, 2.45) is 0 Å². The molecule has 1 atom stereocenters. The first-order valence-corrected chi connectivity index (χ1v) is 9.50. The number of benzene rings is 2. The summed E-state index contributed by atoms with van der Waals surface area (Å²) in [6.45, 7) is 1.43. The van der Waals surface area contributed by atoms with Gasteiger partial charge < -0.3 is 15.1 Å². The van der Waals surface area contributed by atoms with E-state index in [-0.39, 0.29) is 17.5 Å². The fourth-order valence-electron chi connectivity index (χ4n) is 3.27. The van der Waals surface area contributed by atoms with Gasteiger partial charge in [-0.2, -0.15) is 0 Å². The van der Waals surface area contributed by atoms with Crippen LogP contribution in [-0.2, 0) is 11.2 Å². The molecular weight excluding hydrogens is 380 g/mol. The highest BCUT2D eigenvalue weighted by Crippen LogP contribution is 2.23. The minimum absolute atomic E-state index is 0.138. The second kappa shape index (κ2) is 8.57. The molecule has 0 saturated carbocycles. The van der Waals surface area contributed by atoms with Gasteiger partial charge in [-0.1, -0.05) is 42.5 Å². The molecule has 0 aliphatic carbocycles. The first-order valence-electron chi connectivity index (χ1n) is 9.50. The topological polar surface area (TPSA) is 97.1 Å². The maximum absolute atomic E-state index is 12.7. The Bertz CT molecular complexity index is 1180. The van der Waals surface area contributed by atoms with Crippen LogP contribution in [0.3, 0.4) is 0 Å². The van der Waals surface area contributed by atoms with Gasteiger partial charge in [0.25, 0.3) is 5.91 Å². The molecule has 7 heteroatoms. The molecule has 2 heterocycles. The van der Waals surface area contributed by atoms with Crippen molar-refractivity contribution in [1.29, 1.82) is 0 Å². The number of carbonyl (C=O) groups is 2. The SMILES string of the molecule is CC(=O)N[C@H](Cc1ccccc1)c1nc(C(=O)Nc2cccc3cnccc23)co1. The van der Waals surface area contributed by atoms with E-state index < -0.39 is 11.9 Å². The summed E-state index contributed by atoms with van der Waals surface area (Å²) < 4.78 is 5.55. The number of oxazole rings is 1. The molecule has 0 aliphatic heterocycles. The number of carbonyl (C=O) groups excluding carboxylic acids is 2. The lowest BCUT2D eigenvalue weighted by atomic mass is 10.1. The zero-order valence-electron chi connectivity index (χ0n) is 16.3. The van der Waals surface area contributed by atoms with E-state index in [0.29, 0.717) is 12.1 Å². The average Bonchev–Trinajstić information content (AvgIpc) is 3.24. The van der Waals surface area contributed by atoms with Crippen molar-refractivity contribution in [3.63, 3.8) is 0 Å².